The van der Waals surface area contributed by atoms with Gasteiger partial charge in [0.05, 0.1) is 28.8 Å². The van der Waals surface area contributed by atoms with Gasteiger partial charge in [0.25, 0.3) is 5.91 Å². The quantitative estimate of drug-likeness (QED) is 0.564. The second-order valence-electron chi connectivity index (χ2n) is 7.76. The first-order valence-electron chi connectivity index (χ1n) is 9.78. The summed E-state index contributed by atoms with van der Waals surface area (Å²) in [6, 6.07) is 10.5. The van der Waals surface area contributed by atoms with Crippen molar-refractivity contribution in [2.24, 2.45) is 11.8 Å². The summed E-state index contributed by atoms with van der Waals surface area (Å²) in [6.07, 6.45) is -1.66. The van der Waals surface area contributed by atoms with Gasteiger partial charge in [-0.25, -0.2) is 0 Å². The minimum absolute atomic E-state index is 0.0410. The molecule has 2 aliphatic rings. The fourth-order valence-corrected chi connectivity index (χ4v) is 4.11. The van der Waals surface area contributed by atoms with Gasteiger partial charge in [0.1, 0.15) is 0 Å². The standard InChI is InChI=1S/C23H19F3N2O3/c1-13-9-10-16-17(11-13)22(31)28(21(16)30)15-6-4-5-14(12-15)20(29)27-19-8-3-2-7-18(19)23(24,25)26/h2-9,12,16-17H,10-11H2,1H3,(H,27,29)/t16-,17-/m1/s1. The Balaban J connectivity index is 1.59. The second-order valence-corrected chi connectivity index (χ2v) is 7.76. The lowest BCUT2D eigenvalue weighted by Crippen LogP contribution is -2.31. The number of carbonyl (C=O) groups is 3. The molecule has 1 fully saturated rings. The van der Waals surface area contributed by atoms with E-state index in [0.29, 0.717) is 12.8 Å². The number of hydrogen-bond donors (Lipinski definition) is 1. The highest BCUT2D eigenvalue weighted by Gasteiger charge is 2.48. The van der Waals surface area contributed by atoms with E-state index in [2.05, 4.69) is 5.32 Å². The molecule has 0 saturated carbocycles. The van der Waals surface area contributed by atoms with Crippen molar-refractivity contribution in [3.63, 3.8) is 0 Å². The maximum absolute atomic E-state index is 13.2. The largest absolute Gasteiger partial charge is 0.418 e. The van der Waals surface area contributed by atoms with Gasteiger partial charge in [-0.15, -0.1) is 0 Å². The molecule has 3 amide bonds. The number of nitrogens with one attached hydrogen (secondary N) is 1. The molecule has 2 aromatic rings. The van der Waals surface area contributed by atoms with Crippen LogP contribution < -0.4 is 10.2 Å². The number of imide groups is 1. The average molecular weight is 428 g/mol. The number of nitrogens with zero attached hydrogens (tertiary/aromatic N) is 1. The number of allylic oxidation sites excluding steroid dienone is 2. The monoisotopic (exact) mass is 428 g/mol. The SMILES string of the molecule is CC1=CC[C@H]2C(=O)N(c3cccc(C(=O)Nc4ccccc4C(F)(F)F)c3)C(=O)[C@@H]2C1. The van der Waals surface area contributed by atoms with Gasteiger partial charge in [-0.1, -0.05) is 29.8 Å². The summed E-state index contributed by atoms with van der Waals surface area (Å²) in [7, 11) is 0. The number of fused-ring (bicyclic) bond motifs is 1. The highest BCUT2D eigenvalue weighted by atomic mass is 19.4. The van der Waals surface area contributed by atoms with Crippen molar-refractivity contribution in [1.82, 2.24) is 0 Å². The Labute approximate surface area is 176 Å². The molecule has 0 aromatic heterocycles. The van der Waals surface area contributed by atoms with E-state index in [-0.39, 0.29) is 28.8 Å². The zero-order valence-electron chi connectivity index (χ0n) is 16.6. The van der Waals surface area contributed by atoms with Gasteiger partial charge in [-0.3, -0.25) is 19.3 Å². The first-order chi connectivity index (χ1) is 14.7. The Hall–Kier alpha value is -3.42. The van der Waals surface area contributed by atoms with E-state index in [1.807, 2.05) is 13.0 Å². The Bertz CT molecular complexity index is 1110. The molecule has 1 aliphatic heterocycles. The van der Waals surface area contributed by atoms with E-state index in [1.54, 1.807) is 0 Å². The molecule has 0 unspecified atom stereocenters. The first kappa shape index (κ1) is 20.8. The highest BCUT2D eigenvalue weighted by Crippen LogP contribution is 2.40. The average Bonchev–Trinajstić information content (AvgIpc) is 2.97. The number of alkyl halides is 3. The maximum atomic E-state index is 13.2. The Kier molecular flexibility index (Phi) is 5.16. The Morgan fingerprint density at radius 1 is 1.03 bits per heavy atom. The van der Waals surface area contributed by atoms with Crippen LogP contribution in [0.15, 0.2) is 60.2 Å². The van der Waals surface area contributed by atoms with E-state index < -0.39 is 29.5 Å². The topological polar surface area (TPSA) is 66.5 Å². The minimum Gasteiger partial charge on any atom is -0.321 e. The molecule has 0 radical (unpaired) electrons. The summed E-state index contributed by atoms with van der Waals surface area (Å²) < 4.78 is 39.6. The first-order valence-corrected chi connectivity index (χ1v) is 9.78. The zero-order chi connectivity index (χ0) is 22.3. The molecule has 4 rings (SSSR count). The minimum atomic E-state index is -4.62. The third-order valence-corrected chi connectivity index (χ3v) is 5.67. The molecule has 1 heterocycles. The predicted octanol–water partition coefficient (Wildman–Crippen LogP) is 4.80. The molecule has 0 bridgehead atoms. The number of amides is 3. The van der Waals surface area contributed by atoms with Crippen LogP contribution in [0.5, 0.6) is 0 Å². The molecule has 1 saturated heterocycles. The summed E-state index contributed by atoms with van der Waals surface area (Å²) >= 11 is 0. The van der Waals surface area contributed by atoms with Crippen LogP contribution in [0, 0.1) is 11.8 Å². The van der Waals surface area contributed by atoms with Crippen LogP contribution in [0.1, 0.15) is 35.7 Å². The van der Waals surface area contributed by atoms with E-state index in [0.717, 1.165) is 22.6 Å². The van der Waals surface area contributed by atoms with Crippen molar-refractivity contribution < 1.29 is 27.6 Å². The molecule has 31 heavy (non-hydrogen) atoms. The molecular weight excluding hydrogens is 409 g/mol. The van der Waals surface area contributed by atoms with E-state index in [1.165, 1.54) is 36.4 Å². The number of rotatable bonds is 3. The number of benzene rings is 2. The van der Waals surface area contributed by atoms with Crippen molar-refractivity contribution in [2.45, 2.75) is 25.9 Å². The van der Waals surface area contributed by atoms with Crippen molar-refractivity contribution >= 4 is 29.1 Å². The van der Waals surface area contributed by atoms with Crippen molar-refractivity contribution in [3.05, 3.63) is 71.3 Å². The molecule has 2 atom stereocenters. The maximum Gasteiger partial charge on any atom is 0.418 e. The normalized spacial score (nSPS) is 21.0. The highest BCUT2D eigenvalue weighted by molar-refractivity contribution is 6.22. The van der Waals surface area contributed by atoms with Crippen LogP contribution in [0.25, 0.3) is 0 Å². The predicted molar refractivity (Wildman–Crippen MR) is 108 cm³/mol. The van der Waals surface area contributed by atoms with Crippen LogP contribution in [0.4, 0.5) is 24.5 Å². The fourth-order valence-electron chi connectivity index (χ4n) is 4.11. The van der Waals surface area contributed by atoms with Gasteiger partial charge >= 0.3 is 6.18 Å². The van der Waals surface area contributed by atoms with Gasteiger partial charge in [-0.2, -0.15) is 13.2 Å². The third-order valence-electron chi connectivity index (χ3n) is 5.67. The van der Waals surface area contributed by atoms with Crippen molar-refractivity contribution in [1.29, 1.82) is 0 Å². The lowest BCUT2D eigenvalue weighted by atomic mass is 9.82. The number of para-hydroxylation sites is 1. The van der Waals surface area contributed by atoms with Gasteiger partial charge in [0.2, 0.25) is 11.8 Å². The van der Waals surface area contributed by atoms with Crippen LogP contribution in [-0.2, 0) is 15.8 Å². The van der Waals surface area contributed by atoms with Gasteiger partial charge in [0, 0.05) is 5.56 Å². The number of hydrogen-bond acceptors (Lipinski definition) is 3. The summed E-state index contributed by atoms with van der Waals surface area (Å²) in [5.41, 5.74) is 0.00131. The molecule has 1 aliphatic carbocycles. The molecular formula is C23H19F3N2O3. The fraction of sp³-hybridized carbons (Fsp3) is 0.261. The zero-order valence-corrected chi connectivity index (χ0v) is 16.6. The number of halogens is 3. The smallest absolute Gasteiger partial charge is 0.321 e. The lowest BCUT2D eigenvalue weighted by molar-refractivity contribution is -0.137. The summed E-state index contributed by atoms with van der Waals surface area (Å²) in [4.78, 5) is 39.4. The molecule has 1 N–H and O–H groups in total. The van der Waals surface area contributed by atoms with E-state index in [4.69, 9.17) is 0 Å². The van der Waals surface area contributed by atoms with E-state index in [9.17, 15) is 27.6 Å². The second kappa shape index (κ2) is 7.68. The van der Waals surface area contributed by atoms with Crippen LogP contribution in [0.2, 0.25) is 0 Å². The van der Waals surface area contributed by atoms with Gasteiger partial charge in [-0.05, 0) is 50.1 Å². The lowest BCUT2D eigenvalue weighted by Gasteiger charge is -2.18. The number of anilines is 2. The summed E-state index contributed by atoms with van der Waals surface area (Å²) in [6.45, 7) is 1.92. The van der Waals surface area contributed by atoms with Crippen LogP contribution in [-0.4, -0.2) is 17.7 Å². The Morgan fingerprint density at radius 2 is 1.74 bits per heavy atom. The molecule has 160 valence electrons. The molecule has 2 aromatic carbocycles. The van der Waals surface area contributed by atoms with Crippen LogP contribution in [0.3, 0.4) is 0 Å². The molecule has 5 nitrogen and oxygen atoms in total. The van der Waals surface area contributed by atoms with Gasteiger partial charge in [0.15, 0.2) is 0 Å². The van der Waals surface area contributed by atoms with Crippen molar-refractivity contribution in [2.75, 3.05) is 10.2 Å². The van der Waals surface area contributed by atoms with Crippen molar-refractivity contribution in [3.8, 4) is 0 Å². The molecule has 8 heteroatoms. The number of carbonyl (C=O) groups excluding carboxylic acids is 3. The Morgan fingerprint density at radius 3 is 2.48 bits per heavy atom. The molecule has 0 spiro atoms. The van der Waals surface area contributed by atoms with Gasteiger partial charge < -0.3 is 5.32 Å². The summed E-state index contributed by atoms with van der Waals surface area (Å²) in [5, 5.41) is 2.27. The third kappa shape index (κ3) is 3.85. The van der Waals surface area contributed by atoms with E-state index >= 15 is 0 Å². The van der Waals surface area contributed by atoms with Crippen LogP contribution >= 0.6 is 0 Å². The summed E-state index contributed by atoms with van der Waals surface area (Å²) in [5.74, 6) is -2.25.